The molecule has 0 bridgehead atoms. The average molecular weight is 342 g/mol. The molecule has 0 aliphatic heterocycles. The fourth-order valence-corrected chi connectivity index (χ4v) is 2.81. The molecule has 0 radical (unpaired) electrons. The number of alkyl halides is 1. The summed E-state index contributed by atoms with van der Waals surface area (Å²) in [5.41, 5.74) is -0.995. The quantitative estimate of drug-likeness (QED) is 0.774. The molecule has 21 heavy (non-hydrogen) atoms. The van der Waals surface area contributed by atoms with E-state index < -0.39 is 45.5 Å². The molecule has 0 saturated carbocycles. The Balaban J connectivity index is 3.12. The van der Waals surface area contributed by atoms with Gasteiger partial charge in [0.2, 0.25) is 10.0 Å². The predicted molar refractivity (Wildman–Crippen MR) is 75.4 cm³/mol. The van der Waals surface area contributed by atoms with Gasteiger partial charge in [0.1, 0.15) is 5.69 Å². The van der Waals surface area contributed by atoms with Crippen molar-refractivity contribution < 1.29 is 26.7 Å². The maximum atomic E-state index is 14.2. The van der Waals surface area contributed by atoms with Crippen LogP contribution in [0.25, 0.3) is 0 Å². The summed E-state index contributed by atoms with van der Waals surface area (Å²) in [6, 6.07) is 2.26. The topological polar surface area (TPSA) is 72.5 Å². The van der Waals surface area contributed by atoms with Crippen molar-refractivity contribution in [3.63, 3.8) is 0 Å². The third kappa shape index (κ3) is 4.82. The number of anilines is 1. The molecule has 0 spiro atoms. The Morgan fingerprint density at radius 3 is 2.67 bits per heavy atom. The summed E-state index contributed by atoms with van der Waals surface area (Å²) in [6.07, 6.45) is -0.230. The van der Waals surface area contributed by atoms with E-state index in [1.807, 2.05) is 4.72 Å². The number of ether oxygens (including phenoxy) is 1. The van der Waals surface area contributed by atoms with Crippen molar-refractivity contribution in [1.82, 2.24) is 0 Å². The number of carbonyl (C=O) groups excluding carboxylic acids is 1. The molecule has 1 rings (SSSR count). The van der Waals surface area contributed by atoms with Crippen molar-refractivity contribution >= 4 is 33.3 Å². The molecule has 0 amide bonds. The second kappa shape index (κ2) is 7.56. The minimum Gasteiger partial charge on any atom is -0.462 e. The van der Waals surface area contributed by atoms with Crippen LogP contribution in [0.3, 0.4) is 0 Å². The van der Waals surface area contributed by atoms with Crippen LogP contribution in [0.4, 0.5) is 14.5 Å². The van der Waals surface area contributed by atoms with Crippen LogP contribution in [0, 0.1) is 5.82 Å². The van der Waals surface area contributed by atoms with Crippen LogP contribution in [0.1, 0.15) is 23.7 Å². The predicted octanol–water partition coefficient (Wildman–Crippen LogP) is 2.76. The molecule has 1 aromatic rings. The zero-order chi connectivity index (χ0) is 16.0. The van der Waals surface area contributed by atoms with E-state index in [0.29, 0.717) is 0 Å². The lowest BCUT2D eigenvalue weighted by atomic mass is 10.2. The van der Waals surface area contributed by atoms with Crippen LogP contribution in [0.5, 0.6) is 0 Å². The van der Waals surface area contributed by atoms with E-state index in [1.54, 1.807) is 6.92 Å². The van der Waals surface area contributed by atoms with Gasteiger partial charge in [0.05, 0.1) is 29.6 Å². The Labute approximate surface area is 126 Å². The molecular formula is C12H14ClF2NO4S. The number of hydrogen-bond acceptors (Lipinski definition) is 4. The largest absolute Gasteiger partial charge is 0.462 e. The first-order chi connectivity index (χ1) is 9.82. The third-order valence-corrected chi connectivity index (χ3v) is 4.05. The summed E-state index contributed by atoms with van der Waals surface area (Å²) in [6.45, 7) is 0.769. The third-order valence-electron chi connectivity index (χ3n) is 2.39. The molecule has 0 heterocycles. The van der Waals surface area contributed by atoms with Crippen LogP contribution >= 0.6 is 11.6 Å². The van der Waals surface area contributed by atoms with Gasteiger partial charge in [-0.3, -0.25) is 9.11 Å². The molecule has 1 N–H and O–H groups in total. The lowest BCUT2D eigenvalue weighted by Gasteiger charge is -2.12. The van der Waals surface area contributed by atoms with Gasteiger partial charge >= 0.3 is 5.97 Å². The van der Waals surface area contributed by atoms with E-state index >= 15 is 0 Å². The number of hydrogen-bond donors (Lipinski definition) is 1. The molecule has 0 aliphatic rings. The Morgan fingerprint density at radius 2 is 2.10 bits per heavy atom. The lowest BCUT2D eigenvalue weighted by molar-refractivity contribution is 0.0521. The van der Waals surface area contributed by atoms with E-state index in [4.69, 9.17) is 11.6 Å². The maximum absolute atomic E-state index is 14.2. The fraction of sp³-hybridized carbons (Fsp3) is 0.417. The van der Waals surface area contributed by atoms with Crippen molar-refractivity contribution in [1.29, 1.82) is 0 Å². The van der Waals surface area contributed by atoms with Gasteiger partial charge in [0, 0.05) is 0 Å². The SMILES string of the molecule is CCOC(=O)c1ccc(Cl)c(NS(=O)(=O)CCCF)c1F. The normalized spacial score (nSPS) is 11.2. The van der Waals surface area contributed by atoms with E-state index in [9.17, 15) is 22.0 Å². The Hall–Kier alpha value is -1.41. The number of carbonyl (C=O) groups is 1. The van der Waals surface area contributed by atoms with E-state index in [0.717, 1.165) is 6.07 Å². The molecule has 1 aromatic carbocycles. The summed E-state index contributed by atoms with van der Waals surface area (Å²) in [4.78, 5) is 11.5. The number of benzene rings is 1. The van der Waals surface area contributed by atoms with Gasteiger partial charge in [-0.2, -0.15) is 0 Å². The average Bonchev–Trinajstić information content (AvgIpc) is 2.41. The minimum atomic E-state index is -3.96. The smallest absolute Gasteiger partial charge is 0.341 e. The molecular weight excluding hydrogens is 328 g/mol. The minimum absolute atomic E-state index is 0.0401. The van der Waals surface area contributed by atoms with Gasteiger partial charge in [-0.05, 0) is 25.5 Å². The van der Waals surface area contributed by atoms with Crippen molar-refractivity contribution in [3.05, 3.63) is 28.5 Å². The number of halogens is 3. The number of esters is 1. The first-order valence-corrected chi connectivity index (χ1v) is 8.07. The summed E-state index contributed by atoms with van der Waals surface area (Å²) < 4.78 is 56.1. The standard InChI is InChI=1S/C12H14ClF2NO4S/c1-2-20-12(17)8-4-5-9(13)11(10(8)15)16-21(18,19)7-3-6-14/h4-5,16H,2-3,6-7H2,1H3. The van der Waals surface area contributed by atoms with Gasteiger partial charge in [-0.15, -0.1) is 0 Å². The van der Waals surface area contributed by atoms with E-state index in [-0.39, 0.29) is 18.1 Å². The van der Waals surface area contributed by atoms with E-state index in [1.165, 1.54) is 6.07 Å². The maximum Gasteiger partial charge on any atom is 0.341 e. The molecule has 0 aliphatic carbocycles. The van der Waals surface area contributed by atoms with Crippen LogP contribution in [0.15, 0.2) is 12.1 Å². The highest BCUT2D eigenvalue weighted by molar-refractivity contribution is 7.92. The molecule has 0 atom stereocenters. The highest BCUT2D eigenvalue weighted by atomic mass is 35.5. The highest BCUT2D eigenvalue weighted by Crippen LogP contribution is 2.29. The summed E-state index contributed by atoms with van der Waals surface area (Å²) >= 11 is 5.73. The Kier molecular flexibility index (Phi) is 6.35. The van der Waals surface area contributed by atoms with Gasteiger partial charge in [-0.25, -0.2) is 17.6 Å². The molecule has 0 unspecified atom stereocenters. The number of rotatable bonds is 7. The van der Waals surface area contributed by atoms with Crippen LogP contribution in [-0.2, 0) is 14.8 Å². The summed E-state index contributed by atoms with van der Waals surface area (Å²) in [7, 11) is -3.96. The van der Waals surface area contributed by atoms with Gasteiger partial charge in [0.25, 0.3) is 0 Å². The van der Waals surface area contributed by atoms with Crippen molar-refractivity contribution in [3.8, 4) is 0 Å². The fourth-order valence-electron chi connectivity index (χ4n) is 1.46. The first-order valence-electron chi connectivity index (χ1n) is 6.04. The monoisotopic (exact) mass is 341 g/mol. The molecule has 0 fully saturated rings. The van der Waals surface area contributed by atoms with Crippen LogP contribution in [-0.4, -0.2) is 33.4 Å². The van der Waals surface area contributed by atoms with Gasteiger partial charge in [-0.1, -0.05) is 11.6 Å². The summed E-state index contributed by atoms with van der Waals surface area (Å²) in [5, 5.41) is -0.218. The molecule has 0 aromatic heterocycles. The second-order valence-corrected chi connectivity index (χ2v) is 6.22. The van der Waals surface area contributed by atoms with Crippen LogP contribution < -0.4 is 4.72 Å². The molecule has 118 valence electrons. The molecule has 9 heteroatoms. The zero-order valence-corrected chi connectivity index (χ0v) is 12.7. The zero-order valence-electron chi connectivity index (χ0n) is 11.2. The Morgan fingerprint density at radius 1 is 1.43 bits per heavy atom. The molecule has 5 nitrogen and oxygen atoms in total. The van der Waals surface area contributed by atoms with Crippen molar-refractivity contribution in [2.45, 2.75) is 13.3 Å². The van der Waals surface area contributed by atoms with Crippen molar-refractivity contribution in [2.24, 2.45) is 0 Å². The Bertz CT molecular complexity index is 622. The van der Waals surface area contributed by atoms with Crippen molar-refractivity contribution in [2.75, 3.05) is 23.8 Å². The second-order valence-electron chi connectivity index (χ2n) is 3.97. The first kappa shape index (κ1) is 17.6. The van der Waals surface area contributed by atoms with E-state index in [2.05, 4.69) is 4.74 Å². The number of sulfonamides is 1. The van der Waals surface area contributed by atoms with Gasteiger partial charge < -0.3 is 4.74 Å². The lowest BCUT2D eigenvalue weighted by Crippen LogP contribution is -2.19. The van der Waals surface area contributed by atoms with Gasteiger partial charge in [0.15, 0.2) is 5.82 Å². The van der Waals surface area contributed by atoms with Crippen LogP contribution in [0.2, 0.25) is 5.02 Å². The molecule has 0 saturated heterocycles. The number of nitrogens with one attached hydrogen (secondary N) is 1. The highest BCUT2D eigenvalue weighted by Gasteiger charge is 2.22. The summed E-state index contributed by atoms with van der Waals surface area (Å²) in [5.74, 6) is -2.59.